The van der Waals surface area contributed by atoms with Crippen molar-refractivity contribution in [3.05, 3.63) is 97.1 Å². The van der Waals surface area contributed by atoms with Crippen LogP contribution < -0.4 is 0 Å². The average Bonchev–Trinajstić information content (AvgIpc) is 3.21. The molecular weight excluding hydrogens is 350 g/mol. The minimum absolute atomic E-state index is 0.386. The molecule has 0 saturated heterocycles. The molecule has 122 valence electrons. The van der Waals surface area contributed by atoms with Crippen LogP contribution in [-0.2, 0) is 0 Å². The maximum Gasteiger partial charge on any atom is 0.0102 e. The first-order chi connectivity index (χ1) is 12.9. The van der Waals surface area contributed by atoms with Crippen molar-refractivity contribution >= 4 is 56.5 Å². The van der Waals surface area contributed by atoms with Gasteiger partial charge < -0.3 is 0 Å². The third kappa shape index (κ3) is 1.87. The Hall–Kier alpha value is -2.52. The molecule has 26 heavy (non-hydrogen) atoms. The van der Waals surface area contributed by atoms with Gasteiger partial charge in [0.2, 0.25) is 0 Å². The molecule has 4 aromatic carbocycles. The minimum Gasteiger partial charge on any atom is -0.0616 e. The number of hydrogen-bond acceptors (Lipinski definition) is 0. The van der Waals surface area contributed by atoms with Crippen molar-refractivity contribution in [2.75, 3.05) is 0 Å². The largest absolute Gasteiger partial charge is 0.0616 e. The Kier molecular flexibility index (Phi) is 3.09. The SMILES string of the molecule is c1ccc2c(c1)c1ccccc1p2-p1c2ccccc2c2ccccc21. The maximum absolute atomic E-state index is 2.37. The highest BCUT2D eigenvalue weighted by Crippen LogP contribution is 2.71. The van der Waals surface area contributed by atoms with Crippen LogP contribution >= 0.6 is 14.4 Å². The highest BCUT2D eigenvalue weighted by molar-refractivity contribution is 8.29. The molecule has 0 bridgehead atoms. The van der Waals surface area contributed by atoms with Crippen LogP contribution in [0.5, 0.6) is 0 Å². The molecule has 0 amide bonds. The van der Waals surface area contributed by atoms with E-state index in [4.69, 9.17) is 0 Å². The van der Waals surface area contributed by atoms with E-state index < -0.39 is 0 Å². The van der Waals surface area contributed by atoms with E-state index >= 15 is 0 Å². The van der Waals surface area contributed by atoms with Gasteiger partial charge in [0.05, 0.1) is 0 Å². The lowest BCUT2D eigenvalue weighted by Crippen LogP contribution is -1.62. The Morgan fingerprint density at radius 2 is 0.538 bits per heavy atom. The number of rotatable bonds is 1. The van der Waals surface area contributed by atoms with Gasteiger partial charge in [-0.2, -0.15) is 0 Å². The molecule has 2 heteroatoms. The molecule has 0 spiro atoms. The molecule has 6 rings (SSSR count). The lowest BCUT2D eigenvalue weighted by atomic mass is 10.2. The van der Waals surface area contributed by atoms with E-state index in [0.717, 1.165) is 0 Å². The quantitative estimate of drug-likeness (QED) is 0.273. The van der Waals surface area contributed by atoms with E-state index in [1.165, 1.54) is 21.5 Å². The van der Waals surface area contributed by atoms with Crippen molar-refractivity contribution in [2.24, 2.45) is 0 Å². The fourth-order valence-corrected chi connectivity index (χ4v) is 12.9. The first-order valence-corrected chi connectivity index (χ1v) is 12.3. The lowest BCUT2D eigenvalue weighted by Gasteiger charge is -2.05. The summed E-state index contributed by atoms with van der Waals surface area (Å²) < 4.78 is 0. The zero-order valence-corrected chi connectivity index (χ0v) is 15.9. The highest BCUT2D eigenvalue weighted by Gasteiger charge is 2.18. The standard InChI is InChI=1S/C24H16P2/c1-5-13-21-17(9-1)18-10-2-6-14-22(18)25(21)26-23-15-7-3-11-19(23)20-12-4-8-16-24(20)26/h1-16H. The van der Waals surface area contributed by atoms with Crippen LogP contribution in [0.2, 0.25) is 0 Å². The van der Waals surface area contributed by atoms with Crippen LogP contribution in [0.4, 0.5) is 0 Å². The number of fused-ring (bicyclic) bond motifs is 6. The molecule has 0 aliphatic heterocycles. The van der Waals surface area contributed by atoms with Crippen molar-refractivity contribution in [3.63, 3.8) is 0 Å². The maximum atomic E-state index is 2.37. The van der Waals surface area contributed by atoms with Crippen molar-refractivity contribution < 1.29 is 0 Å². The third-order valence-corrected chi connectivity index (χ3v) is 12.9. The molecule has 0 unspecified atom stereocenters. The average molecular weight is 366 g/mol. The molecule has 2 heterocycles. The van der Waals surface area contributed by atoms with Gasteiger partial charge in [-0.05, 0) is 45.8 Å². The Balaban J connectivity index is 1.93. The van der Waals surface area contributed by atoms with E-state index in [0.29, 0.717) is 0 Å². The monoisotopic (exact) mass is 366 g/mol. The van der Waals surface area contributed by atoms with Crippen molar-refractivity contribution in [3.8, 4) is 0 Å². The molecule has 0 radical (unpaired) electrons. The lowest BCUT2D eigenvalue weighted by molar-refractivity contribution is 1.84. The fraction of sp³-hybridized carbons (Fsp3) is 0. The Bertz CT molecular complexity index is 1210. The topological polar surface area (TPSA) is 0 Å². The van der Waals surface area contributed by atoms with Crippen LogP contribution in [0.25, 0.3) is 42.0 Å². The Morgan fingerprint density at radius 3 is 0.808 bits per heavy atom. The van der Waals surface area contributed by atoms with Crippen molar-refractivity contribution in [2.45, 2.75) is 0 Å². The summed E-state index contributed by atoms with van der Waals surface area (Å²) in [5.41, 5.74) is 0. The molecule has 0 aliphatic carbocycles. The highest BCUT2D eigenvalue weighted by atomic mass is 32.0. The predicted octanol–water partition coefficient (Wildman–Crippen LogP) is 8.58. The van der Waals surface area contributed by atoms with E-state index in [9.17, 15) is 0 Å². The van der Waals surface area contributed by atoms with Crippen LogP contribution in [0.1, 0.15) is 0 Å². The molecule has 0 atom stereocenters. The van der Waals surface area contributed by atoms with Crippen LogP contribution in [0, 0.1) is 0 Å². The Morgan fingerprint density at radius 1 is 0.308 bits per heavy atom. The summed E-state index contributed by atoms with van der Waals surface area (Å²) in [6.45, 7) is 0. The fourth-order valence-electron chi connectivity index (χ4n) is 4.23. The van der Waals surface area contributed by atoms with Crippen LogP contribution in [0.3, 0.4) is 0 Å². The van der Waals surface area contributed by atoms with Gasteiger partial charge in [0.25, 0.3) is 0 Å². The molecule has 0 N–H and O–H groups in total. The van der Waals surface area contributed by atoms with E-state index in [1.807, 2.05) is 0 Å². The van der Waals surface area contributed by atoms with Crippen LogP contribution in [0.15, 0.2) is 97.1 Å². The molecular formula is C24H16P2. The smallest absolute Gasteiger partial charge is 0.0102 e. The second-order valence-corrected chi connectivity index (χ2v) is 12.3. The van der Waals surface area contributed by atoms with Gasteiger partial charge >= 0.3 is 0 Å². The normalized spacial score (nSPS) is 11.8. The molecule has 0 aliphatic rings. The predicted molar refractivity (Wildman–Crippen MR) is 119 cm³/mol. The number of benzene rings is 4. The summed E-state index contributed by atoms with van der Waals surface area (Å²) in [6.07, 6.45) is 0. The molecule has 0 saturated carbocycles. The molecule has 6 aromatic rings. The molecule has 0 fully saturated rings. The van der Waals surface area contributed by atoms with E-state index in [-0.39, 0.29) is 14.4 Å². The van der Waals surface area contributed by atoms with E-state index in [2.05, 4.69) is 97.1 Å². The third-order valence-electron chi connectivity index (χ3n) is 5.31. The Labute approximate surface area is 153 Å². The molecule has 0 nitrogen and oxygen atoms in total. The van der Waals surface area contributed by atoms with Gasteiger partial charge in [0.1, 0.15) is 0 Å². The van der Waals surface area contributed by atoms with Gasteiger partial charge in [-0.25, -0.2) is 0 Å². The van der Waals surface area contributed by atoms with Gasteiger partial charge in [0.15, 0.2) is 0 Å². The number of hydrogen-bond donors (Lipinski definition) is 0. The minimum atomic E-state index is -0.386. The first kappa shape index (κ1) is 14.6. The summed E-state index contributed by atoms with van der Waals surface area (Å²) in [7, 11) is -0.773. The zero-order chi connectivity index (χ0) is 17.1. The van der Waals surface area contributed by atoms with Crippen molar-refractivity contribution in [1.82, 2.24) is 0 Å². The summed E-state index contributed by atoms with van der Waals surface area (Å²) >= 11 is 0. The summed E-state index contributed by atoms with van der Waals surface area (Å²) in [5.74, 6) is 0. The van der Waals surface area contributed by atoms with Crippen molar-refractivity contribution in [1.29, 1.82) is 0 Å². The van der Waals surface area contributed by atoms with Gasteiger partial charge in [-0.15, -0.1) is 0 Å². The van der Waals surface area contributed by atoms with Gasteiger partial charge in [0, 0.05) is 20.5 Å². The summed E-state index contributed by atoms with van der Waals surface area (Å²) in [5, 5.41) is 12.0. The first-order valence-electron chi connectivity index (χ1n) is 8.90. The zero-order valence-electron chi connectivity index (χ0n) is 14.1. The molecule has 2 aromatic heterocycles. The second-order valence-electron chi connectivity index (χ2n) is 6.69. The second kappa shape index (κ2) is 5.49. The van der Waals surface area contributed by atoms with Gasteiger partial charge in [-0.3, -0.25) is 0 Å². The van der Waals surface area contributed by atoms with E-state index in [1.54, 1.807) is 20.5 Å². The van der Waals surface area contributed by atoms with Crippen LogP contribution in [-0.4, -0.2) is 0 Å². The summed E-state index contributed by atoms with van der Waals surface area (Å²) in [6, 6.07) is 36.3. The summed E-state index contributed by atoms with van der Waals surface area (Å²) in [4.78, 5) is 0. The van der Waals surface area contributed by atoms with Gasteiger partial charge in [-0.1, -0.05) is 87.2 Å².